The van der Waals surface area contributed by atoms with Crippen LogP contribution in [-0.4, -0.2) is 17.2 Å². The van der Waals surface area contributed by atoms with Gasteiger partial charge >= 0.3 is 0 Å². The summed E-state index contributed by atoms with van der Waals surface area (Å²) in [4.78, 5) is 4.27. The van der Waals surface area contributed by atoms with Gasteiger partial charge in [-0.1, -0.05) is 24.3 Å². The second kappa shape index (κ2) is 5.42. The number of pyridine rings is 1. The van der Waals surface area contributed by atoms with Gasteiger partial charge in [0.2, 0.25) is 0 Å². The molecule has 0 fully saturated rings. The van der Waals surface area contributed by atoms with Crippen LogP contribution < -0.4 is 10.5 Å². The summed E-state index contributed by atoms with van der Waals surface area (Å²) < 4.78 is 5.20. The number of aliphatic hydroxyl groups excluding tert-OH is 1. The molecule has 21 heavy (non-hydrogen) atoms. The Hall–Kier alpha value is -2.59. The number of rotatable bonds is 3. The highest BCUT2D eigenvalue weighted by atomic mass is 16.5. The summed E-state index contributed by atoms with van der Waals surface area (Å²) in [5, 5.41) is 11.6. The second-order valence-corrected chi connectivity index (χ2v) is 4.82. The summed E-state index contributed by atoms with van der Waals surface area (Å²) in [6, 6.07) is 14.9. The molecule has 4 nitrogen and oxygen atoms in total. The quantitative estimate of drug-likeness (QED) is 0.724. The average molecular weight is 280 g/mol. The van der Waals surface area contributed by atoms with E-state index >= 15 is 0 Å². The van der Waals surface area contributed by atoms with Gasteiger partial charge in [-0.25, -0.2) is 0 Å². The predicted molar refractivity (Wildman–Crippen MR) is 83.2 cm³/mol. The first-order valence-corrected chi connectivity index (χ1v) is 6.66. The van der Waals surface area contributed by atoms with Crippen LogP contribution in [0.25, 0.3) is 10.9 Å². The fourth-order valence-electron chi connectivity index (χ4n) is 2.42. The summed E-state index contributed by atoms with van der Waals surface area (Å²) in [7, 11) is 1.56. The molecule has 0 saturated carbocycles. The number of aromatic nitrogens is 1. The highest BCUT2D eigenvalue weighted by Crippen LogP contribution is 2.33. The Kier molecular flexibility index (Phi) is 3.46. The summed E-state index contributed by atoms with van der Waals surface area (Å²) in [5.74, 6) is 0.564. The summed E-state index contributed by atoms with van der Waals surface area (Å²) in [6.45, 7) is 0. The molecule has 3 aromatic rings. The Morgan fingerprint density at radius 3 is 2.81 bits per heavy atom. The molecule has 2 aromatic carbocycles. The number of nitrogens with two attached hydrogens (primary N) is 1. The lowest BCUT2D eigenvalue weighted by Gasteiger charge is -2.16. The molecule has 4 heteroatoms. The zero-order valence-corrected chi connectivity index (χ0v) is 11.7. The number of ether oxygens (including phenoxy) is 1. The molecule has 1 unspecified atom stereocenters. The fraction of sp³-hybridized carbons (Fsp3) is 0.118. The Balaban J connectivity index is 2.06. The lowest BCUT2D eigenvalue weighted by atomic mass is 9.98. The maximum atomic E-state index is 10.6. The van der Waals surface area contributed by atoms with Crippen LogP contribution in [0.5, 0.6) is 5.75 Å². The van der Waals surface area contributed by atoms with E-state index in [0.29, 0.717) is 17.0 Å². The Bertz CT molecular complexity index is 787. The molecule has 0 spiro atoms. The molecule has 0 saturated heterocycles. The number of methoxy groups -OCH3 is 1. The van der Waals surface area contributed by atoms with Gasteiger partial charge in [0, 0.05) is 17.1 Å². The largest absolute Gasteiger partial charge is 0.495 e. The Morgan fingerprint density at radius 1 is 1.14 bits per heavy atom. The first-order chi connectivity index (χ1) is 10.2. The molecule has 1 atom stereocenters. The van der Waals surface area contributed by atoms with Gasteiger partial charge in [-0.15, -0.1) is 0 Å². The monoisotopic (exact) mass is 280 g/mol. The zero-order chi connectivity index (χ0) is 14.8. The third-order valence-electron chi connectivity index (χ3n) is 3.56. The van der Waals surface area contributed by atoms with E-state index in [4.69, 9.17) is 10.5 Å². The van der Waals surface area contributed by atoms with Crippen LogP contribution in [-0.2, 0) is 0 Å². The van der Waals surface area contributed by atoms with Crippen LogP contribution in [0.3, 0.4) is 0 Å². The maximum Gasteiger partial charge on any atom is 0.142 e. The lowest BCUT2D eigenvalue weighted by molar-refractivity contribution is 0.221. The smallest absolute Gasteiger partial charge is 0.142 e. The van der Waals surface area contributed by atoms with Crippen LogP contribution in [0.2, 0.25) is 0 Å². The van der Waals surface area contributed by atoms with Gasteiger partial charge in [0.05, 0.1) is 18.3 Å². The molecule has 0 aliphatic heterocycles. The third-order valence-corrected chi connectivity index (χ3v) is 3.56. The number of anilines is 1. The molecule has 3 N–H and O–H groups in total. The molecular weight excluding hydrogens is 264 g/mol. The van der Waals surface area contributed by atoms with E-state index < -0.39 is 6.10 Å². The van der Waals surface area contributed by atoms with Crippen LogP contribution >= 0.6 is 0 Å². The van der Waals surface area contributed by atoms with Crippen molar-refractivity contribution in [1.29, 1.82) is 0 Å². The molecule has 106 valence electrons. The van der Waals surface area contributed by atoms with Crippen LogP contribution in [0.1, 0.15) is 17.2 Å². The number of para-hydroxylation sites is 1. The second-order valence-electron chi connectivity index (χ2n) is 4.82. The van der Waals surface area contributed by atoms with Crippen molar-refractivity contribution in [2.45, 2.75) is 6.10 Å². The fourth-order valence-corrected chi connectivity index (χ4v) is 2.42. The minimum atomic E-state index is -0.801. The first-order valence-electron chi connectivity index (χ1n) is 6.66. The SMILES string of the molecule is COc1cccc(C(O)c2ccc3ncccc3c2)c1N. The van der Waals surface area contributed by atoms with Crippen molar-refractivity contribution in [1.82, 2.24) is 4.98 Å². The lowest BCUT2D eigenvalue weighted by Crippen LogP contribution is -2.05. The van der Waals surface area contributed by atoms with Gasteiger partial charge < -0.3 is 15.6 Å². The molecule has 3 rings (SSSR count). The highest BCUT2D eigenvalue weighted by Gasteiger charge is 2.16. The van der Waals surface area contributed by atoms with Crippen LogP contribution in [0.15, 0.2) is 54.7 Å². The zero-order valence-electron chi connectivity index (χ0n) is 11.7. The molecule has 1 heterocycles. The minimum absolute atomic E-state index is 0.457. The molecule has 1 aromatic heterocycles. The maximum absolute atomic E-state index is 10.6. The topological polar surface area (TPSA) is 68.4 Å². The van der Waals surface area contributed by atoms with Crippen LogP contribution in [0.4, 0.5) is 5.69 Å². The van der Waals surface area contributed by atoms with E-state index in [1.807, 2.05) is 36.4 Å². The van der Waals surface area contributed by atoms with Gasteiger partial charge in [0.15, 0.2) is 0 Å². The Morgan fingerprint density at radius 2 is 2.00 bits per heavy atom. The van der Waals surface area contributed by atoms with E-state index in [1.165, 1.54) is 0 Å². The van der Waals surface area contributed by atoms with Gasteiger partial charge in [0.25, 0.3) is 0 Å². The number of nitrogens with zero attached hydrogens (tertiary/aromatic N) is 1. The number of aliphatic hydroxyl groups is 1. The van der Waals surface area contributed by atoms with Crippen molar-refractivity contribution >= 4 is 16.6 Å². The number of fused-ring (bicyclic) bond motifs is 1. The van der Waals surface area contributed by atoms with E-state index in [1.54, 1.807) is 25.4 Å². The summed E-state index contributed by atoms with van der Waals surface area (Å²) >= 11 is 0. The van der Waals surface area contributed by atoms with E-state index in [9.17, 15) is 5.11 Å². The van der Waals surface area contributed by atoms with Crippen molar-refractivity contribution in [3.05, 3.63) is 65.9 Å². The van der Waals surface area contributed by atoms with Crippen molar-refractivity contribution < 1.29 is 9.84 Å². The third kappa shape index (κ3) is 2.41. The Labute approximate surface area is 122 Å². The van der Waals surface area contributed by atoms with E-state index in [-0.39, 0.29) is 0 Å². The standard InChI is InChI=1S/C17H16N2O2/c1-21-15-6-2-5-13(16(15)18)17(20)12-7-8-14-11(10-12)4-3-9-19-14/h2-10,17,20H,18H2,1H3. The van der Waals surface area contributed by atoms with Crippen molar-refractivity contribution in [3.8, 4) is 5.75 Å². The number of hydrogen-bond acceptors (Lipinski definition) is 4. The summed E-state index contributed by atoms with van der Waals surface area (Å²) in [5.41, 5.74) is 8.81. The van der Waals surface area contributed by atoms with Crippen molar-refractivity contribution in [2.24, 2.45) is 0 Å². The van der Waals surface area contributed by atoms with Crippen LogP contribution in [0, 0.1) is 0 Å². The van der Waals surface area contributed by atoms with E-state index in [0.717, 1.165) is 16.5 Å². The normalized spacial score (nSPS) is 12.3. The molecule has 0 aliphatic rings. The number of hydrogen-bond donors (Lipinski definition) is 2. The number of nitrogen functional groups attached to an aromatic ring is 1. The minimum Gasteiger partial charge on any atom is -0.495 e. The summed E-state index contributed by atoms with van der Waals surface area (Å²) in [6.07, 6.45) is 0.947. The van der Waals surface area contributed by atoms with Gasteiger partial charge in [0.1, 0.15) is 11.9 Å². The molecule has 0 bridgehead atoms. The van der Waals surface area contributed by atoms with E-state index in [2.05, 4.69) is 4.98 Å². The van der Waals surface area contributed by atoms with Crippen molar-refractivity contribution in [2.75, 3.05) is 12.8 Å². The molecule has 0 aliphatic carbocycles. The molecular formula is C17H16N2O2. The predicted octanol–water partition coefficient (Wildman–Crippen LogP) is 2.91. The molecule has 0 radical (unpaired) electrons. The molecule has 0 amide bonds. The van der Waals surface area contributed by atoms with Crippen molar-refractivity contribution in [3.63, 3.8) is 0 Å². The van der Waals surface area contributed by atoms with Gasteiger partial charge in [-0.05, 0) is 29.8 Å². The number of benzene rings is 2. The average Bonchev–Trinajstić information content (AvgIpc) is 2.54. The van der Waals surface area contributed by atoms with Gasteiger partial charge in [-0.3, -0.25) is 4.98 Å². The highest BCUT2D eigenvalue weighted by molar-refractivity contribution is 5.79. The first kappa shape index (κ1) is 13.4. The van der Waals surface area contributed by atoms with Gasteiger partial charge in [-0.2, -0.15) is 0 Å².